The first kappa shape index (κ1) is 29.9. The number of hydrogen-bond acceptors (Lipinski definition) is 5. The molecule has 1 aliphatic heterocycles. The standard InChI is InChI=1S/C35H36F2N4O2/c1-39(31-17-21-38-22-18-31)30-12-7-29(8-13-30)26-41(32-19-23-40(24-20-32)25-28-5-3-2-4-6-28)34(42)16-11-27-9-14-33(15-10-27)43-35(36)37/h2-18,21-22,32,35H,19-20,23-26H2,1H3/b16-11+. The van der Waals surface area contributed by atoms with Crippen LogP contribution in [-0.2, 0) is 17.9 Å². The van der Waals surface area contributed by atoms with Crippen LogP contribution in [0.2, 0.25) is 0 Å². The molecule has 1 saturated heterocycles. The molecule has 43 heavy (non-hydrogen) atoms. The van der Waals surface area contributed by atoms with Gasteiger partial charge in [-0.15, -0.1) is 0 Å². The van der Waals surface area contributed by atoms with Gasteiger partial charge < -0.3 is 14.5 Å². The zero-order chi connectivity index (χ0) is 30.0. The third-order valence-corrected chi connectivity index (χ3v) is 7.78. The van der Waals surface area contributed by atoms with Gasteiger partial charge in [0.1, 0.15) is 5.75 Å². The van der Waals surface area contributed by atoms with Gasteiger partial charge in [-0.1, -0.05) is 54.6 Å². The number of carbonyl (C=O) groups excluding carboxylic acids is 1. The van der Waals surface area contributed by atoms with Gasteiger partial charge in [0.15, 0.2) is 0 Å². The van der Waals surface area contributed by atoms with Gasteiger partial charge in [0.2, 0.25) is 5.91 Å². The number of benzene rings is 3. The molecule has 0 N–H and O–H groups in total. The average Bonchev–Trinajstić information content (AvgIpc) is 3.04. The Morgan fingerprint density at radius 2 is 1.56 bits per heavy atom. The van der Waals surface area contributed by atoms with Crippen molar-refractivity contribution >= 4 is 23.4 Å². The normalized spacial score (nSPS) is 14.2. The number of ether oxygens (including phenoxy) is 1. The maximum atomic E-state index is 13.7. The van der Waals surface area contributed by atoms with Gasteiger partial charge in [0, 0.05) is 69.1 Å². The third-order valence-electron chi connectivity index (χ3n) is 7.78. The summed E-state index contributed by atoms with van der Waals surface area (Å²) in [5, 5.41) is 0. The highest BCUT2D eigenvalue weighted by atomic mass is 19.3. The van der Waals surface area contributed by atoms with Crippen LogP contribution in [0.4, 0.5) is 20.2 Å². The molecule has 8 heteroatoms. The lowest BCUT2D eigenvalue weighted by molar-refractivity contribution is -0.130. The first-order valence-corrected chi connectivity index (χ1v) is 14.5. The Morgan fingerprint density at radius 3 is 2.21 bits per heavy atom. The van der Waals surface area contributed by atoms with E-state index in [0.29, 0.717) is 6.54 Å². The molecular formula is C35H36F2N4O2. The fourth-order valence-corrected chi connectivity index (χ4v) is 5.38. The third kappa shape index (κ3) is 8.49. The molecule has 2 heterocycles. The van der Waals surface area contributed by atoms with Crippen LogP contribution in [0.5, 0.6) is 5.75 Å². The predicted molar refractivity (Wildman–Crippen MR) is 166 cm³/mol. The molecule has 5 rings (SSSR count). The van der Waals surface area contributed by atoms with Gasteiger partial charge >= 0.3 is 6.61 Å². The van der Waals surface area contributed by atoms with Gasteiger partial charge in [-0.25, -0.2) is 0 Å². The van der Waals surface area contributed by atoms with Crippen LogP contribution in [-0.4, -0.2) is 53.5 Å². The van der Waals surface area contributed by atoms with E-state index in [1.54, 1.807) is 36.7 Å². The fourth-order valence-electron chi connectivity index (χ4n) is 5.38. The van der Waals surface area contributed by atoms with E-state index in [2.05, 4.69) is 68.1 Å². The first-order valence-electron chi connectivity index (χ1n) is 14.5. The summed E-state index contributed by atoms with van der Waals surface area (Å²) in [6.07, 6.45) is 8.61. The minimum absolute atomic E-state index is 0.0765. The molecule has 0 saturated carbocycles. The largest absolute Gasteiger partial charge is 0.435 e. The van der Waals surface area contributed by atoms with E-state index in [0.717, 1.165) is 55.0 Å². The molecule has 222 valence electrons. The number of alkyl halides is 2. The van der Waals surface area contributed by atoms with Crippen LogP contribution in [0.15, 0.2) is 109 Å². The Hall–Kier alpha value is -4.56. The summed E-state index contributed by atoms with van der Waals surface area (Å²) in [4.78, 5) is 24.3. The summed E-state index contributed by atoms with van der Waals surface area (Å²) in [6, 6.07) is 29.0. The lowest BCUT2D eigenvalue weighted by atomic mass is 10.0. The van der Waals surface area contributed by atoms with Crippen molar-refractivity contribution in [1.29, 1.82) is 0 Å². The smallest absolute Gasteiger partial charge is 0.387 e. The van der Waals surface area contributed by atoms with Crippen molar-refractivity contribution < 1.29 is 18.3 Å². The zero-order valence-electron chi connectivity index (χ0n) is 24.2. The van der Waals surface area contributed by atoms with Gasteiger partial charge in [0.05, 0.1) is 0 Å². The van der Waals surface area contributed by atoms with Crippen LogP contribution >= 0.6 is 0 Å². The van der Waals surface area contributed by atoms with Crippen molar-refractivity contribution in [2.24, 2.45) is 0 Å². The van der Waals surface area contributed by atoms with Crippen molar-refractivity contribution in [2.75, 3.05) is 25.0 Å². The van der Waals surface area contributed by atoms with E-state index in [9.17, 15) is 13.6 Å². The van der Waals surface area contributed by atoms with E-state index in [-0.39, 0.29) is 17.7 Å². The summed E-state index contributed by atoms with van der Waals surface area (Å²) >= 11 is 0. The number of aromatic nitrogens is 1. The maximum absolute atomic E-state index is 13.7. The SMILES string of the molecule is CN(c1ccncc1)c1ccc(CN(C(=O)/C=C/c2ccc(OC(F)F)cc2)C2CCN(Cc3ccccc3)CC2)cc1. The number of halogens is 2. The minimum Gasteiger partial charge on any atom is -0.435 e. The second-order valence-electron chi connectivity index (χ2n) is 10.7. The van der Waals surface area contributed by atoms with E-state index in [1.165, 1.54) is 17.7 Å². The predicted octanol–water partition coefficient (Wildman–Crippen LogP) is 7.16. The monoisotopic (exact) mass is 582 g/mol. The number of anilines is 2. The Kier molecular flexibility index (Phi) is 10.1. The number of carbonyl (C=O) groups is 1. The molecule has 0 spiro atoms. The van der Waals surface area contributed by atoms with Crippen molar-refractivity contribution in [3.63, 3.8) is 0 Å². The summed E-state index contributed by atoms with van der Waals surface area (Å²) in [6.45, 7) is 0.343. The van der Waals surface area contributed by atoms with Crippen molar-refractivity contribution in [1.82, 2.24) is 14.8 Å². The number of piperidine rings is 1. The topological polar surface area (TPSA) is 48.9 Å². The molecule has 1 aromatic heterocycles. The van der Waals surface area contributed by atoms with Gasteiger partial charge in [-0.05, 0) is 72.0 Å². The van der Waals surface area contributed by atoms with Crippen LogP contribution in [0.3, 0.4) is 0 Å². The highest BCUT2D eigenvalue weighted by molar-refractivity contribution is 5.92. The van der Waals surface area contributed by atoms with E-state index >= 15 is 0 Å². The van der Waals surface area contributed by atoms with Crippen LogP contribution in [0, 0.1) is 0 Å². The maximum Gasteiger partial charge on any atom is 0.387 e. The van der Waals surface area contributed by atoms with Crippen molar-refractivity contribution in [3.8, 4) is 5.75 Å². The molecule has 3 aromatic carbocycles. The Balaban J connectivity index is 1.28. The van der Waals surface area contributed by atoms with E-state index in [1.807, 2.05) is 30.1 Å². The summed E-state index contributed by atoms with van der Waals surface area (Å²) < 4.78 is 29.4. The number of nitrogens with zero attached hydrogens (tertiary/aromatic N) is 4. The molecule has 1 aliphatic rings. The Bertz CT molecular complexity index is 1460. The Labute approximate surface area is 251 Å². The highest BCUT2D eigenvalue weighted by Crippen LogP contribution is 2.26. The number of hydrogen-bond donors (Lipinski definition) is 0. The summed E-state index contributed by atoms with van der Waals surface area (Å²) in [5.74, 6) is 0.00721. The number of likely N-dealkylation sites (tertiary alicyclic amines) is 1. The highest BCUT2D eigenvalue weighted by Gasteiger charge is 2.27. The first-order chi connectivity index (χ1) is 20.9. The van der Waals surface area contributed by atoms with E-state index < -0.39 is 6.61 Å². The molecule has 0 radical (unpaired) electrons. The van der Waals surface area contributed by atoms with Gasteiger partial charge in [-0.2, -0.15) is 8.78 Å². The van der Waals surface area contributed by atoms with Gasteiger partial charge in [-0.3, -0.25) is 14.7 Å². The molecule has 6 nitrogen and oxygen atoms in total. The molecule has 1 fully saturated rings. The lowest BCUT2D eigenvalue weighted by Crippen LogP contribution is -2.46. The van der Waals surface area contributed by atoms with Crippen LogP contribution in [0.25, 0.3) is 6.08 Å². The van der Waals surface area contributed by atoms with Gasteiger partial charge in [0.25, 0.3) is 0 Å². The van der Waals surface area contributed by atoms with Crippen molar-refractivity contribution in [2.45, 2.75) is 38.6 Å². The van der Waals surface area contributed by atoms with Crippen molar-refractivity contribution in [3.05, 3.63) is 126 Å². The number of amides is 1. The molecular weight excluding hydrogens is 546 g/mol. The second-order valence-corrected chi connectivity index (χ2v) is 10.7. The summed E-state index contributed by atoms with van der Waals surface area (Å²) in [5.41, 5.74) is 5.16. The molecule has 0 atom stereocenters. The van der Waals surface area contributed by atoms with E-state index in [4.69, 9.17) is 0 Å². The summed E-state index contributed by atoms with van der Waals surface area (Å²) in [7, 11) is 2.01. The molecule has 4 aromatic rings. The average molecular weight is 583 g/mol. The number of pyridine rings is 1. The molecule has 0 unspecified atom stereocenters. The number of rotatable bonds is 11. The quantitative estimate of drug-likeness (QED) is 0.176. The van der Waals surface area contributed by atoms with Crippen LogP contribution < -0.4 is 9.64 Å². The Morgan fingerprint density at radius 1 is 0.907 bits per heavy atom. The zero-order valence-corrected chi connectivity index (χ0v) is 24.2. The molecule has 0 aliphatic carbocycles. The van der Waals surface area contributed by atoms with Crippen LogP contribution in [0.1, 0.15) is 29.5 Å². The second kappa shape index (κ2) is 14.6. The molecule has 1 amide bonds. The molecule has 0 bridgehead atoms. The lowest BCUT2D eigenvalue weighted by Gasteiger charge is -2.38. The fraction of sp³-hybridized carbons (Fsp3) is 0.257. The minimum atomic E-state index is -2.87.